The molecule has 112 valence electrons. The van der Waals surface area contributed by atoms with Crippen molar-refractivity contribution in [1.82, 2.24) is 4.90 Å². The van der Waals surface area contributed by atoms with E-state index in [1.807, 2.05) is 38.4 Å². The Bertz CT molecular complexity index is 586. The molecule has 2 aromatic rings. The minimum atomic E-state index is -2.04. The summed E-state index contributed by atoms with van der Waals surface area (Å²) >= 11 is 5.97. The number of hydrogen-bond acceptors (Lipinski definition) is 3. The Morgan fingerprint density at radius 1 is 0.952 bits per heavy atom. The van der Waals surface area contributed by atoms with Crippen molar-refractivity contribution >= 4 is 23.4 Å². The van der Waals surface area contributed by atoms with Crippen molar-refractivity contribution in [3.63, 3.8) is 0 Å². The predicted octanol–water partition coefficient (Wildman–Crippen LogP) is 3.48. The lowest BCUT2D eigenvalue weighted by molar-refractivity contribution is 0.282. The van der Waals surface area contributed by atoms with Gasteiger partial charge in [-0.3, -0.25) is 0 Å². The monoisotopic (exact) mass is 319 g/mol. The van der Waals surface area contributed by atoms with Crippen LogP contribution >= 0.6 is 6.26 Å². The molecule has 0 radical (unpaired) electrons. The van der Waals surface area contributed by atoms with E-state index in [0.29, 0.717) is 6.61 Å². The molecule has 1 atom stereocenters. The van der Waals surface area contributed by atoms with E-state index in [2.05, 4.69) is 41.3 Å². The summed E-state index contributed by atoms with van der Waals surface area (Å²) in [6.07, 6.45) is -1.24. The van der Waals surface area contributed by atoms with Crippen LogP contribution in [0.2, 0.25) is 0 Å². The highest BCUT2D eigenvalue weighted by molar-refractivity contribution is 8.15. The zero-order chi connectivity index (χ0) is 15.1. The topological polar surface area (TPSA) is 12.5 Å². The maximum atomic E-state index is 6.21. The minimum absolute atomic E-state index is 0.673. The molecule has 0 bridgehead atoms. The van der Waals surface area contributed by atoms with Crippen LogP contribution in [0, 0.1) is 0 Å². The van der Waals surface area contributed by atoms with Crippen LogP contribution in [0.5, 0.6) is 0 Å². The molecule has 1 unspecified atom stereocenters. The van der Waals surface area contributed by atoms with Gasteiger partial charge in [0.2, 0.25) is 0 Å². The summed E-state index contributed by atoms with van der Waals surface area (Å²) in [7, 11) is 4.10. The molecular formula is C17H22NOPS. The van der Waals surface area contributed by atoms with Crippen molar-refractivity contribution in [1.29, 1.82) is 0 Å². The van der Waals surface area contributed by atoms with E-state index in [1.165, 1.54) is 5.56 Å². The summed E-state index contributed by atoms with van der Waals surface area (Å²) in [6.45, 7) is 1.56. The van der Waals surface area contributed by atoms with Gasteiger partial charge < -0.3 is 9.42 Å². The molecule has 0 aliphatic rings. The quantitative estimate of drug-likeness (QED) is 0.725. The molecule has 0 heterocycles. The number of likely N-dealkylation sites (N-methyl/N-ethyl adjacent to an activating group) is 1. The first-order chi connectivity index (χ1) is 10.1. The van der Waals surface area contributed by atoms with Crippen molar-refractivity contribution in [2.24, 2.45) is 0 Å². The first kappa shape index (κ1) is 16.4. The number of rotatable bonds is 7. The van der Waals surface area contributed by atoms with Gasteiger partial charge in [0.15, 0.2) is 0 Å². The van der Waals surface area contributed by atoms with Crippen LogP contribution in [0.4, 0.5) is 0 Å². The van der Waals surface area contributed by atoms with E-state index in [1.54, 1.807) is 0 Å². The van der Waals surface area contributed by atoms with Gasteiger partial charge in [0.1, 0.15) is 0 Å². The Balaban J connectivity index is 2.20. The van der Waals surface area contributed by atoms with Gasteiger partial charge in [-0.1, -0.05) is 72.5 Å². The number of nitrogens with zero attached hydrogens (tertiary/aromatic N) is 1. The van der Waals surface area contributed by atoms with Crippen molar-refractivity contribution in [2.75, 3.05) is 27.2 Å². The lowest BCUT2D eigenvalue weighted by atomic mass is 10.2. The van der Waals surface area contributed by atoms with Gasteiger partial charge in [0.25, 0.3) is 0 Å². The molecule has 0 fully saturated rings. The van der Waals surface area contributed by atoms with Gasteiger partial charge >= 0.3 is 0 Å². The third kappa shape index (κ3) is 5.05. The molecule has 0 aliphatic carbocycles. The molecule has 2 nitrogen and oxygen atoms in total. The highest BCUT2D eigenvalue weighted by Crippen LogP contribution is 2.49. The van der Waals surface area contributed by atoms with Crippen LogP contribution in [-0.2, 0) is 22.5 Å². The zero-order valence-electron chi connectivity index (χ0n) is 12.6. The summed E-state index contributed by atoms with van der Waals surface area (Å²) in [6, 6.07) is 20.7. The highest BCUT2D eigenvalue weighted by Gasteiger charge is 2.21. The summed E-state index contributed by atoms with van der Waals surface area (Å²) in [5.41, 5.74) is 1.24. The van der Waals surface area contributed by atoms with Crippen LogP contribution in [0.3, 0.4) is 0 Å². The average Bonchev–Trinajstić information content (AvgIpc) is 2.49. The van der Waals surface area contributed by atoms with Crippen LogP contribution in [0.1, 0.15) is 5.56 Å². The van der Waals surface area contributed by atoms with Gasteiger partial charge in [-0.05, 0) is 19.7 Å². The van der Waals surface area contributed by atoms with Crippen molar-refractivity contribution in [3.8, 4) is 0 Å². The van der Waals surface area contributed by atoms with E-state index in [0.717, 1.165) is 18.0 Å². The molecule has 0 saturated carbocycles. The fourth-order valence-electron chi connectivity index (χ4n) is 2.06. The number of benzene rings is 2. The molecule has 0 saturated heterocycles. The van der Waals surface area contributed by atoms with Gasteiger partial charge in [-0.15, -0.1) is 0 Å². The fraction of sp³-hybridized carbons (Fsp3) is 0.294. The van der Waals surface area contributed by atoms with Crippen molar-refractivity contribution < 1.29 is 4.52 Å². The Morgan fingerprint density at radius 2 is 1.52 bits per heavy atom. The van der Waals surface area contributed by atoms with Crippen molar-refractivity contribution in [3.05, 3.63) is 66.2 Å². The maximum absolute atomic E-state index is 6.21. The van der Waals surface area contributed by atoms with Gasteiger partial charge in [-0.2, -0.15) is 0 Å². The lowest BCUT2D eigenvalue weighted by Crippen LogP contribution is -2.19. The van der Waals surface area contributed by atoms with Crippen LogP contribution < -0.4 is 5.30 Å². The lowest BCUT2D eigenvalue weighted by Gasteiger charge is -2.24. The van der Waals surface area contributed by atoms with Gasteiger partial charge in [0, 0.05) is 18.0 Å². The van der Waals surface area contributed by atoms with E-state index >= 15 is 0 Å². The summed E-state index contributed by atoms with van der Waals surface area (Å²) in [4.78, 5) is 2.12. The predicted molar refractivity (Wildman–Crippen MR) is 95.0 cm³/mol. The normalized spacial score (nSPS) is 14.0. The first-order valence-electron chi connectivity index (χ1n) is 7.08. The Labute approximate surface area is 132 Å². The molecule has 4 heteroatoms. The van der Waals surface area contributed by atoms with Gasteiger partial charge in [0.05, 0.1) is 12.9 Å². The van der Waals surface area contributed by atoms with Crippen LogP contribution in [-0.4, -0.2) is 32.1 Å². The molecule has 0 aliphatic heterocycles. The van der Waals surface area contributed by atoms with E-state index < -0.39 is 6.26 Å². The molecular weight excluding hydrogens is 297 g/mol. The largest absolute Gasteiger partial charge is 0.345 e. The van der Waals surface area contributed by atoms with E-state index in [-0.39, 0.29) is 0 Å². The average molecular weight is 319 g/mol. The molecule has 2 aromatic carbocycles. The third-order valence-corrected chi connectivity index (χ3v) is 7.02. The Kier molecular flexibility index (Phi) is 6.13. The van der Waals surface area contributed by atoms with E-state index in [4.69, 9.17) is 16.3 Å². The minimum Gasteiger partial charge on any atom is -0.345 e. The SMILES string of the molecule is CN(C)CCOP(=S)(Cc1ccccc1)c1ccccc1. The second-order valence-electron chi connectivity index (χ2n) is 5.29. The third-order valence-electron chi connectivity index (χ3n) is 3.22. The maximum Gasteiger partial charge on any atom is 0.0989 e. The number of hydrogen-bond donors (Lipinski definition) is 0. The van der Waals surface area contributed by atoms with E-state index in [9.17, 15) is 0 Å². The second kappa shape index (κ2) is 7.86. The first-order valence-corrected chi connectivity index (χ1v) is 9.98. The molecule has 0 spiro atoms. The fourth-order valence-corrected chi connectivity index (χ4v) is 5.21. The summed E-state index contributed by atoms with van der Waals surface area (Å²) in [5.74, 6) is 0. The molecule has 0 amide bonds. The molecule has 21 heavy (non-hydrogen) atoms. The van der Waals surface area contributed by atoms with Crippen molar-refractivity contribution in [2.45, 2.75) is 6.16 Å². The Morgan fingerprint density at radius 3 is 2.10 bits per heavy atom. The van der Waals surface area contributed by atoms with Gasteiger partial charge in [-0.25, -0.2) is 0 Å². The van der Waals surface area contributed by atoms with Crippen LogP contribution in [0.15, 0.2) is 60.7 Å². The Hall–Kier alpha value is -0.990. The summed E-state index contributed by atoms with van der Waals surface area (Å²) in [5, 5.41) is 1.16. The summed E-state index contributed by atoms with van der Waals surface area (Å²) < 4.78 is 6.21. The molecule has 0 N–H and O–H groups in total. The standard InChI is InChI=1S/C17H22NOPS/c1-18(2)13-14-19-20(21,17-11-7-4-8-12-17)15-16-9-5-3-6-10-16/h3-12H,13-15H2,1-2H3. The second-order valence-corrected chi connectivity index (χ2v) is 9.50. The molecule has 0 aromatic heterocycles. The highest BCUT2D eigenvalue weighted by atomic mass is 32.4. The smallest absolute Gasteiger partial charge is 0.0989 e. The van der Waals surface area contributed by atoms with Crippen LogP contribution in [0.25, 0.3) is 0 Å². The zero-order valence-corrected chi connectivity index (χ0v) is 14.3. The molecule has 2 rings (SSSR count).